The van der Waals surface area contributed by atoms with Crippen LogP contribution in [-0.2, 0) is 6.42 Å². The number of benzene rings is 1. The van der Waals surface area contributed by atoms with Crippen LogP contribution in [0.5, 0.6) is 5.75 Å². The maximum atomic E-state index is 5.28. The van der Waals surface area contributed by atoms with E-state index < -0.39 is 0 Å². The maximum absolute atomic E-state index is 5.28. The highest BCUT2D eigenvalue weighted by Gasteiger charge is 2.06. The van der Waals surface area contributed by atoms with Crippen molar-refractivity contribution in [2.45, 2.75) is 6.42 Å². The molecule has 1 N–H and O–H groups in total. The van der Waals surface area contributed by atoms with E-state index in [1.54, 1.807) is 13.4 Å². The molecule has 0 fully saturated rings. The van der Waals surface area contributed by atoms with E-state index >= 15 is 0 Å². The van der Waals surface area contributed by atoms with Crippen LogP contribution in [0.25, 0.3) is 10.9 Å². The molecule has 1 aromatic heterocycles. The lowest BCUT2D eigenvalue weighted by Crippen LogP contribution is -2.11. The first kappa shape index (κ1) is 10.8. The van der Waals surface area contributed by atoms with Crippen molar-refractivity contribution in [1.82, 2.24) is 15.3 Å². The Morgan fingerprint density at radius 1 is 1.31 bits per heavy atom. The standard InChI is InChI=1S/C12H15N3O/c1-13-7-6-10-9-4-3-5-11(16-2)12(9)15-8-14-10/h3-5,8,13H,6-7H2,1-2H3. The molecule has 0 aliphatic heterocycles. The fraction of sp³-hybridized carbons (Fsp3) is 0.333. The lowest BCUT2D eigenvalue weighted by atomic mass is 10.1. The lowest BCUT2D eigenvalue weighted by Gasteiger charge is -2.07. The average Bonchev–Trinajstić information content (AvgIpc) is 2.35. The molecule has 2 rings (SSSR count). The number of likely N-dealkylation sites (N-methyl/N-ethyl adjacent to an activating group) is 1. The van der Waals surface area contributed by atoms with Crippen LogP contribution in [0.1, 0.15) is 5.69 Å². The highest BCUT2D eigenvalue weighted by molar-refractivity contribution is 5.86. The third-order valence-electron chi connectivity index (χ3n) is 2.54. The summed E-state index contributed by atoms with van der Waals surface area (Å²) in [6, 6.07) is 5.91. The Hall–Kier alpha value is -1.68. The summed E-state index contributed by atoms with van der Waals surface area (Å²) in [7, 11) is 3.59. The van der Waals surface area contributed by atoms with Crippen LogP contribution in [0.15, 0.2) is 24.5 Å². The molecular weight excluding hydrogens is 202 g/mol. The Balaban J connectivity index is 2.51. The summed E-state index contributed by atoms with van der Waals surface area (Å²) < 4.78 is 5.28. The molecule has 0 bridgehead atoms. The fourth-order valence-corrected chi connectivity index (χ4v) is 1.72. The Kier molecular flexibility index (Phi) is 3.31. The first-order chi connectivity index (χ1) is 7.86. The summed E-state index contributed by atoms with van der Waals surface area (Å²) in [5, 5.41) is 4.18. The Morgan fingerprint density at radius 3 is 2.94 bits per heavy atom. The molecule has 0 unspecified atom stereocenters. The van der Waals surface area contributed by atoms with E-state index in [1.807, 2.05) is 25.2 Å². The highest BCUT2D eigenvalue weighted by atomic mass is 16.5. The van der Waals surface area contributed by atoms with Gasteiger partial charge in [0.15, 0.2) is 0 Å². The summed E-state index contributed by atoms with van der Waals surface area (Å²) >= 11 is 0. The number of rotatable bonds is 4. The van der Waals surface area contributed by atoms with Crippen molar-refractivity contribution in [2.24, 2.45) is 0 Å². The number of aromatic nitrogens is 2. The van der Waals surface area contributed by atoms with Crippen LogP contribution in [0.3, 0.4) is 0 Å². The maximum Gasteiger partial charge on any atom is 0.145 e. The smallest absolute Gasteiger partial charge is 0.145 e. The van der Waals surface area contributed by atoms with Gasteiger partial charge in [0, 0.05) is 18.4 Å². The largest absolute Gasteiger partial charge is 0.494 e. The van der Waals surface area contributed by atoms with Gasteiger partial charge in [-0.2, -0.15) is 0 Å². The predicted molar refractivity (Wildman–Crippen MR) is 63.7 cm³/mol. The zero-order valence-electron chi connectivity index (χ0n) is 9.53. The van der Waals surface area contributed by atoms with E-state index in [-0.39, 0.29) is 0 Å². The molecule has 0 radical (unpaired) electrons. The first-order valence-electron chi connectivity index (χ1n) is 5.28. The molecule has 1 heterocycles. The van der Waals surface area contributed by atoms with E-state index in [0.717, 1.165) is 35.3 Å². The summed E-state index contributed by atoms with van der Waals surface area (Å²) in [6.45, 7) is 0.906. The first-order valence-corrected chi connectivity index (χ1v) is 5.28. The van der Waals surface area contributed by atoms with Crippen molar-refractivity contribution in [3.63, 3.8) is 0 Å². The molecule has 4 nitrogen and oxygen atoms in total. The summed E-state index contributed by atoms with van der Waals surface area (Å²) in [6.07, 6.45) is 2.48. The number of ether oxygens (including phenoxy) is 1. The summed E-state index contributed by atoms with van der Waals surface area (Å²) in [4.78, 5) is 8.58. The van der Waals surface area contributed by atoms with Crippen molar-refractivity contribution >= 4 is 10.9 Å². The van der Waals surface area contributed by atoms with Crippen LogP contribution < -0.4 is 10.1 Å². The number of hydrogen-bond donors (Lipinski definition) is 1. The van der Waals surface area contributed by atoms with Gasteiger partial charge in [0.2, 0.25) is 0 Å². The van der Waals surface area contributed by atoms with Gasteiger partial charge in [-0.1, -0.05) is 12.1 Å². The van der Waals surface area contributed by atoms with Crippen LogP contribution in [0.4, 0.5) is 0 Å². The molecule has 0 spiro atoms. The van der Waals surface area contributed by atoms with Crippen LogP contribution in [0.2, 0.25) is 0 Å². The quantitative estimate of drug-likeness (QED) is 0.841. The fourth-order valence-electron chi connectivity index (χ4n) is 1.72. The molecule has 84 valence electrons. The second kappa shape index (κ2) is 4.90. The van der Waals surface area contributed by atoms with E-state index in [4.69, 9.17) is 4.74 Å². The number of methoxy groups -OCH3 is 1. The third-order valence-corrected chi connectivity index (χ3v) is 2.54. The topological polar surface area (TPSA) is 47.0 Å². The molecule has 0 aliphatic rings. The predicted octanol–water partition coefficient (Wildman–Crippen LogP) is 1.40. The average molecular weight is 217 g/mol. The van der Waals surface area contributed by atoms with E-state index in [9.17, 15) is 0 Å². The number of nitrogens with zero attached hydrogens (tertiary/aromatic N) is 2. The molecule has 0 saturated carbocycles. The Morgan fingerprint density at radius 2 is 2.19 bits per heavy atom. The molecule has 2 aromatic rings. The van der Waals surface area contributed by atoms with Crippen molar-refractivity contribution in [2.75, 3.05) is 20.7 Å². The second-order valence-corrected chi connectivity index (χ2v) is 3.53. The number of para-hydroxylation sites is 1. The minimum absolute atomic E-state index is 0.797. The highest BCUT2D eigenvalue weighted by Crippen LogP contribution is 2.24. The van der Waals surface area contributed by atoms with Gasteiger partial charge in [-0.3, -0.25) is 0 Å². The Labute approximate surface area is 94.7 Å². The van der Waals surface area contributed by atoms with Gasteiger partial charge in [0.25, 0.3) is 0 Å². The van der Waals surface area contributed by atoms with E-state index in [0.29, 0.717) is 0 Å². The Bertz CT molecular complexity index is 485. The van der Waals surface area contributed by atoms with Gasteiger partial charge >= 0.3 is 0 Å². The molecule has 1 aromatic carbocycles. The van der Waals surface area contributed by atoms with Gasteiger partial charge in [-0.15, -0.1) is 0 Å². The molecule has 0 aliphatic carbocycles. The van der Waals surface area contributed by atoms with Gasteiger partial charge in [-0.05, 0) is 13.1 Å². The number of hydrogen-bond acceptors (Lipinski definition) is 4. The zero-order chi connectivity index (χ0) is 11.4. The zero-order valence-corrected chi connectivity index (χ0v) is 9.53. The second-order valence-electron chi connectivity index (χ2n) is 3.53. The van der Waals surface area contributed by atoms with Crippen LogP contribution in [-0.4, -0.2) is 30.7 Å². The van der Waals surface area contributed by atoms with E-state index in [1.165, 1.54) is 0 Å². The lowest BCUT2D eigenvalue weighted by molar-refractivity contribution is 0.419. The van der Waals surface area contributed by atoms with Crippen molar-refractivity contribution < 1.29 is 4.74 Å². The minimum atomic E-state index is 0.797. The monoisotopic (exact) mass is 217 g/mol. The third kappa shape index (κ3) is 1.97. The van der Waals surface area contributed by atoms with Crippen LogP contribution >= 0.6 is 0 Å². The van der Waals surface area contributed by atoms with Crippen molar-refractivity contribution in [3.8, 4) is 5.75 Å². The minimum Gasteiger partial charge on any atom is -0.494 e. The normalized spacial score (nSPS) is 10.6. The van der Waals surface area contributed by atoms with Gasteiger partial charge in [-0.25, -0.2) is 9.97 Å². The van der Waals surface area contributed by atoms with Gasteiger partial charge in [0.05, 0.1) is 12.8 Å². The number of nitrogens with one attached hydrogen (secondary N) is 1. The van der Waals surface area contributed by atoms with Crippen molar-refractivity contribution in [1.29, 1.82) is 0 Å². The SMILES string of the molecule is CNCCc1ncnc2c(OC)cccc12. The van der Waals surface area contributed by atoms with Crippen LogP contribution in [0, 0.1) is 0 Å². The van der Waals surface area contributed by atoms with Gasteiger partial charge < -0.3 is 10.1 Å². The molecular formula is C12H15N3O. The molecule has 0 atom stereocenters. The van der Waals surface area contributed by atoms with Gasteiger partial charge in [0.1, 0.15) is 17.6 Å². The molecule has 16 heavy (non-hydrogen) atoms. The van der Waals surface area contributed by atoms with Crippen molar-refractivity contribution in [3.05, 3.63) is 30.2 Å². The summed E-state index contributed by atoms with van der Waals surface area (Å²) in [5.41, 5.74) is 1.93. The molecule has 4 heteroatoms. The van der Waals surface area contributed by atoms with E-state index in [2.05, 4.69) is 15.3 Å². The number of fused-ring (bicyclic) bond motifs is 1. The summed E-state index contributed by atoms with van der Waals surface area (Å²) in [5.74, 6) is 0.797. The molecule has 0 amide bonds. The molecule has 0 saturated heterocycles.